The van der Waals surface area contributed by atoms with Gasteiger partial charge in [-0.2, -0.15) is 0 Å². The average Bonchev–Trinajstić information content (AvgIpc) is 2.37. The Bertz CT molecular complexity index is 449. The monoisotopic (exact) mass is 268 g/mol. The van der Waals surface area contributed by atoms with Gasteiger partial charge in [-0.25, -0.2) is 4.39 Å². The van der Waals surface area contributed by atoms with Crippen LogP contribution < -0.4 is 4.74 Å². The van der Waals surface area contributed by atoms with Crippen molar-refractivity contribution in [3.05, 3.63) is 29.6 Å². The fraction of sp³-hybridized carbons (Fsp3) is 0.500. The van der Waals surface area contributed by atoms with E-state index in [0.29, 0.717) is 6.54 Å². The van der Waals surface area contributed by atoms with E-state index >= 15 is 0 Å². The molecule has 0 radical (unpaired) electrons. The van der Waals surface area contributed by atoms with Gasteiger partial charge in [-0.05, 0) is 31.7 Å². The van der Waals surface area contributed by atoms with Crippen LogP contribution in [-0.2, 0) is 11.3 Å². The van der Waals surface area contributed by atoms with Crippen LogP contribution in [0, 0.1) is 5.82 Å². The number of methoxy groups -OCH3 is 1. The van der Waals surface area contributed by atoms with Crippen LogP contribution >= 0.6 is 0 Å². The van der Waals surface area contributed by atoms with Crippen LogP contribution in [0.4, 0.5) is 4.39 Å². The summed E-state index contributed by atoms with van der Waals surface area (Å²) in [4.78, 5) is 15.3. The maximum absolute atomic E-state index is 13.6. The highest BCUT2D eigenvalue weighted by Crippen LogP contribution is 2.19. The number of hydrogen-bond acceptors (Lipinski definition) is 3. The molecule has 0 saturated carbocycles. The first-order valence-electron chi connectivity index (χ1n) is 6.10. The Hall–Kier alpha value is -1.62. The number of halogens is 1. The molecule has 0 aliphatic rings. The van der Waals surface area contributed by atoms with E-state index in [1.165, 1.54) is 13.2 Å². The second-order valence-electron chi connectivity index (χ2n) is 4.79. The van der Waals surface area contributed by atoms with Crippen molar-refractivity contribution >= 4 is 5.91 Å². The normalized spacial score (nSPS) is 12.4. The summed E-state index contributed by atoms with van der Waals surface area (Å²) in [6.45, 7) is 2.34. The first-order chi connectivity index (χ1) is 8.86. The number of benzene rings is 1. The predicted molar refractivity (Wildman–Crippen MR) is 72.6 cm³/mol. The summed E-state index contributed by atoms with van der Waals surface area (Å²) in [6.07, 6.45) is 0. The number of likely N-dealkylation sites (N-methyl/N-ethyl adjacent to an activating group) is 2. The van der Waals surface area contributed by atoms with Crippen molar-refractivity contribution in [2.45, 2.75) is 19.5 Å². The Morgan fingerprint density at radius 1 is 1.37 bits per heavy atom. The van der Waals surface area contributed by atoms with Crippen molar-refractivity contribution in [2.75, 3.05) is 28.3 Å². The zero-order valence-corrected chi connectivity index (χ0v) is 12.1. The van der Waals surface area contributed by atoms with Crippen molar-refractivity contribution in [3.63, 3.8) is 0 Å². The third-order valence-electron chi connectivity index (χ3n) is 3.11. The van der Waals surface area contributed by atoms with Gasteiger partial charge >= 0.3 is 0 Å². The Balaban J connectivity index is 2.74. The van der Waals surface area contributed by atoms with Gasteiger partial charge in [0.1, 0.15) is 0 Å². The number of carbonyl (C=O) groups is 1. The van der Waals surface area contributed by atoms with E-state index in [-0.39, 0.29) is 23.5 Å². The quantitative estimate of drug-likeness (QED) is 0.815. The predicted octanol–water partition coefficient (Wildman–Crippen LogP) is 1.74. The van der Waals surface area contributed by atoms with Crippen molar-refractivity contribution in [2.24, 2.45) is 0 Å². The van der Waals surface area contributed by atoms with E-state index < -0.39 is 0 Å². The highest BCUT2D eigenvalue weighted by Gasteiger charge is 2.19. The van der Waals surface area contributed by atoms with Gasteiger partial charge in [-0.1, -0.05) is 6.07 Å². The molecule has 1 aromatic rings. The Morgan fingerprint density at radius 2 is 2.00 bits per heavy atom. The lowest BCUT2D eigenvalue weighted by atomic mass is 10.1. The summed E-state index contributed by atoms with van der Waals surface area (Å²) in [6, 6.07) is 4.57. The Labute approximate surface area is 113 Å². The third kappa shape index (κ3) is 3.92. The Morgan fingerprint density at radius 3 is 2.47 bits per heavy atom. The van der Waals surface area contributed by atoms with E-state index in [4.69, 9.17) is 4.74 Å². The second kappa shape index (κ2) is 6.52. The number of carbonyl (C=O) groups excluding carboxylic acids is 1. The minimum absolute atomic E-state index is 0.0245. The summed E-state index contributed by atoms with van der Waals surface area (Å²) >= 11 is 0. The zero-order chi connectivity index (χ0) is 14.6. The number of ether oxygens (including phenoxy) is 1. The topological polar surface area (TPSA) is 32.8 Å². The van der Waals surface area contributed by atoms with E-state index in [2.05, 4.69) is 0 Å². The molecule has 4 nitrogen and oxygen atoms in total. The van der Waals surface area contributed by atoms with Crippen molar-refractivity contribution in [1.82, 2.24) is 9.80 Å². The summed E-state index contributed by atoms with van der Waals surface area (Å²) in [7, 11) is 6.72. The Kier molecular flexibility index (Phi) is 5.30. The number of amides is 1. The summed E-state index contributed by atoms with van der Waals surface area (Å²) < 4.78 is 18.4. The maximum atomic E-state index is 13.6. The van der Waals surface area contributed by atoms with E-state index in [1.807, 2.05) is 18.9 Å². The van der Waals surface area contributed by atoms with Crippen LogP contribution in [0.1, 0.15) is 12.5 Å². The molecule has 0 heterocycles. The van der Waals surface area contributed by atoms with E-state index in [1.54, 1.807) is 31.1 Å². The van der Waals surface area contributed by atoms with Gasteiger partial charge in [0.05, 0.1) is 13.2 Å². The van der Waals surface area contributed by atoms with Gasteiger partial charge in [0.15, 0.2) is 11.6 Å². The van der Waals surface area contributed by atoms with Gasteiger partial charge in [0, 0.05) is 20.6 Å². The maximum Gasteiger partial charge on any atom is 0.239 e. The molecule has 106 valence electrons. The van der Waals surface area contributed by atoms with Crippen LogP contribution in [0.3, 0.4) is 0 Å². The largest absolute Gasteiger partial charge is 0.494 e. The van der Waals surface area contributed by atoms with Gasteiger partial charge in [0.25, 0.3) is 0 Å². The molecule has 0 aromatic heterocycles. The molecule has 0 N–H and O–H groups in total. The van der Waals surface area contributed by atoms with E-state index in [0.717, 1.165) is 5.56 Å². The third-order valence-corrected chi connectivity index (χ3v) is 3.11. The lowest BCUT2D eigenvalue weighted by Gasteiger charge is -2.26. The molecule has 1 rings (SSSR count). The smallest absolute Gasteiger partial charge is 0.239 e. The molecule has 0 saturated heterocycles. The molecule has 0 aliphatic carbocycles. The molecule has 1 atom stereocenters. The van der Waals surface area contributed by atoms with Crippen molar-refractivity contribution in [3.8, 4) is 5.75 Å². The molecule has 19 heavy (non-hydrogen) atoms. The number of hydrogen-bond donors (Lipinski definition) is 0. The molecule has 0 spiro atoms. The van der Waals surface area contributed by atoms with Crippen LogP contribution in [0.15, 0.2) is 18.2 Å². The molecule has 0 aliphatic heterocycles. The molecular formula is C14H21FN2O2. The first-order valence-corrected chi connectivity index (χ1v) is 6.10. The SMILES string of the molecule is COc1ccc(CN(C)C(C)C(=O)N(C)C)cc1F. The lowest BCUT2D eigenvalue weighted by Crippen LogP contribution is -2.42. The van der Waals surface area contributed by atoms with Crippen LogP contribution in [0.2, 0.25) is 0 Å². The van der Waals surface area contributed by atoms with Gasteiger partial charge in [-0.15, -0.1) is 0 Å². The summed E-state index contributed by atoms with van der Waals surface area (Å²) in [5.41, 5.74) is 0.805. The standard InChI is InChI=1S/C14H21FN2O2/c1-10(14(18)16(2)3)17(4)9-11-6-7-13(19-5)12(15)8-11/h6-8,10H,9H2,1-5H3. The minimum atomic E-state index is -0.389. The zero-order valence-electron chi connectivity index (χ0n) is 12.1. The molecule has 0 bridgehead atoms. The summed E-state index contributed by atoms with van der Waals surface area (Å²) in [5.74, 6) is -0.139. The van der Waals surface area contributed by atoms with Gasteiger partial charge in [-0.3, -0.25) is 9.69 Å². The van der Waals surface area contributed by atoms with Crippen molar-refractivity contribution < 1.29 is 13.9 Å². The summed E-state index contributed by atoms with van der Waals surface area (Å²) in [5, 5.41) is 0. The van der Waals surface area contributed by atoms with E-state index in [9.17, 15) is 9.18 Å². The van der Waals surface area contributed by atoms with Gasteiger partial charge < -0.3 is 9.64 Å². The number of nitrogens with zero attached hydrogens (tertiary/aromatic N) is 2. The van der Waals surface area contributed by atoms with Gasteiger partial charge in [0.2, 0.25) is 5.91 Å². The lowest BCUT2D eigenvalue weighted by molar-refractivity contribution is -0.133. The van der Waals surface area contributed by atoms with Crippen LogP contribution in [0.5, 0.6) is 5.75 Å². The average molecular weight is 268 g/mol. The first kappa shape index (κ1) is 15.4. The number of rotatable bonds is 5. The van der Waals surface area contributed by atoms with Crippen molar-refractivity contribution in [1.29, 1.82) is 0 Å². The molecule has 1 unspecified atom stereocenters. The second-order valence-corrected chi connectivity index (χ2v) is 4.79. The highest BCUT2D eigenvalue weighted by atomic mass is 19.1. The molecule has 1 aromatic carbocycles. The minimum Gasteiger partial charge on any atom is -0.494 e. The molecule has 5 heteroatoms. The molecule has 0 fully saturated rings. The fourth-order valence-corrected chi connectivity index (χ4v) is 1.80. The van der Waals surface area contributed by atoms with Crippen LogP contribution in [0.25, 0.3) is 0 Å². The highest BCUT2D eigenvalue weighted by molar-refractivity contribution is 5.80. The fourth-order valence-electron chi connectivity index (χ4n) is 1.80. The molecule has 1 amide bonds. The molecular weight excluding hydrogens is 247 g/mol. The van der Waals surface area contributed by atoms with Crippen LogP contribution in [-0.4, -0.2) is 50.0 Å².